The van der Waals surface area contributed by atoms with Gasteiger partial charge in [-0.05, 0) is 54.8 Å². The van der Waals surface area contributed by atoms with Crippen molar-refractivity contribution in [2.75, 3.05) is 34.7 Å². The summed E-state index contributed by atoms with van der Waals surface area (Å²) in [5.74, 6) is 1.22. The molecule has 2 heterocycles. The SMILES string of the molecule is COC(=O)c1c([C@@H]2O[C@H]2c2cc3c(cc2CCNS(=O)(=O)c2ccc(C)cc2)OCO3)ccc(OC)c1OC. The third-order valence-electron chi connectivity index (χ3n) is 6.72. The second-order valence-corrected chi connectivity index (χ2v) is 10.9. The number of nitrogens with one attached hydrogen (secondary N) is 1. The van der Waals surface area contributed by atoms with Crippen LogP contribution in [-0.2, 0) is 25.9 Å². The Hall–Kier alpha value is -3.80. The first-order valence-electron chi connectivity index (χ1n) is 12.2. The molecule has 2 aliphatic heterocycles. The van der Waals surface area contributed by atoms with E-state index in [-0.39, 0.29) is 29.5 Å². The molecule has 0 aromatic heterocycles. The van der Waals surface area contributed by atoms with E-state index in [4.69, 9.17) is 28.4 Å². The van der Waals surface area contributed by atoms with Crippen LogP contribution in [0, 0.1) is 6.92 Å². The number of esters is 1. The Kier molecular flexibility index (Phi) is 7.39. The van der Waals surface area contributed by atoms with E-state index in [9.17, 15) is 13.2 Å². The van der Waals surface area contributed by atoms with Gasteiger partial charge in [0.1, 0.15) is 17.8 Å². The standard InChI is InChI=1S/C28H29NO9S/c1-16-5-7-18(8-6-16)39(31,32)29-12-11-17-13-22-23(37-15-36-22)14-20(17)26-25(38-26)19-9-10-21(33-2)27(34-3)24(19)28(30)35-4/h5-10,13-14,25-26,29H,11-12,15H2,1-4H3/t25-,26-/m0/s1. The number of fused-ring (bicyclic) bond motifs is 1. The van der Waals surface area contributed by atoms with Gasteiger partial charge in [-0.1, -0.05) is 23.8 Å². The molecule has 2 aliphatic rings. The Morgan fingerprint density at radius 3 is 2.31 bits per heavy atom. The molecule has 39 heavy (non-hydrogen) atoms. The molecule has 1 fully saturated rings. The maximum Gasteiger partial charge on any atom is 0.342 e. The van der Waals surface area contributed by atoms with Crippen LogP contribution in [0.1, 0.15) is 44.8 Å². The second-order valence-electron chi connectivity index (χ2n) is 9.10. The predicted octanol–water partition coefficient (Wildman–Crippen LogP) is 3.86. The lowest BCUT2D eigenvalue weighted by Gasteiger charge is -2.15. The third-order valence-corrected chi connectivity index (χ3v) is 8.20. The number of aryl methyl sites for hydroxylation is 1. The number of hydrogen-bond donors (Lipinski definition) is 1. The van der Waals surface area contributed by atoms with Gasteiger partial charge < -0.3 is 28.4 Å². The summed E-state index contributed by atoms with van der Waals surface area (Å²) in [5.41, 5.74) is 3.43. The van der Waals surface area contributed by atoms with E-state index in [2.05, 4.69) is 4.72 Å². The van der Waals surface area contributed by atoms with Crippen molar-refractivity contribution in [1.82, 2.24) is 4.72 Å². The number of carbonyl (C=O) groups excluding carboxylic acids is 1. The Morgan fingerprint density at radius 2 is 1.64 bits per heavy atom. The Balaban J connectivity index is 1.42. The molecule has 0 saturated carbocycles. The number of rotatable bonds is 10. The molecule has 0 unspecified atom stereocenters. The molecule has 206 valence electrons. The first-order chi connectivity index (χ1) is 18.8. The van der Waals surface area contributed by atoms with E-state index in [1.807, 2.05) is 19.1 Å². The van der Waals surface area contributed by atoms with E-state index in [1.54, 1.807) is 36.4 Å². The molecule has 1 N–H and O–H groups in total. The van der Waals surface area contributed by atoms with Gasteiger partial charge in [0, 0.05) is 12.1 Å². The van der Waals surface area contributed by atoms with Crippen molar-refractivity contribution in [1.29, 1.82) is 0 Å². The van der Waals surface area contributed by atoms with Crippen molar-refractivity contribution in [3.63, 3.8) is 0 Å². The molecular formula is C28H29NO9S. The number of ether oxygens (including phenoxy) is 6. The molecule has 11 heteroatoms. The van der Waals surface area contributed by atoms with Crippen molar-refractivity contribution >= 4 is 16.0 Å². The number of methoxy groups -OCH3 is 3. The predicted molar refractivity (Wildman–Crippen MR) is 140 cm³/mol. The number of carbonyl (C=O) groups is 1. The highest BCUT2D eigenvalue weighted by Gasteiger charge is 2.46. The fraction of sp³-hybridized carbons (Fsp3) is 0.321. The minimum Gasteiger partial charge on any atom is -0.493 e. The van der Waals surface area contributed by atoms with Crippen LogP contribution >= 0.6 is 0 Å². The lowest BCUT2D eigenvalue weighted by molar-refractivity contribution is 0.0594. The molecule has 0 spiro atoms. The summed E-state index contributed by atoms with van der Waals surface area (Å²) in [4.78, 5) is 12.9. The van der Waals surface area contributed by atoms with Gasteiger partial charge in [-0.2, -0.15) is 0 Å². The zero-order valence-corrected chi connectivity index (χ0v) is 22.8. The summed E-state index contributed by atoms with van der Waals surface area (Å²) in [5, 5.41) is 0. The Morgan fingerprint density at radius 1 is 0.949 bits per heavy atom. The van der Waals surface area contributed by atoms with Crippen LogP contribution in [0.2, 0.25) is 0 Å². The normalized spacial score (nSPS) is 17.5. The first kappa shape index (κ1) is 26.8. The zero-order valence-electron chi connectivity index (χ0n) is 22.0. The lowest BCUT2D eigenvalue weighted by atomic mass is 9.94. The fourth-order valence-electron chi connectivity index (χ4n) is 4.68. The van der Waals surface area contributed by atoms with Gasteiger partial charge in [-0.3, -0.25) is 0 Å². The van der Waals surface area contributed by atoms with E-state index >= 15 is 0 Å². The topological polar surface area (TPSA) is 122 Å². The smallest absolute Gasteiger partial charge is 0.342 e. The molecule has 5 rings (SSSR count). The molecular weight excluding hydrogens is 526 g/mol. The van der Waals surface area contributed by atoms with E-state index in [0.29, 0.717) is 29.2 Å². The highest BCUT2D eigenvalue weighted by atomic mass is 32.2. The molecule has 0 radical (unpaired) electrons. The van der Waals surface area contributed by atoms with Crippen LogP contribution < -0.4 is 23.7 Å². The van der Waals surface area contributed by atoms with Crippen molar-refractivity contribution < 1.29 is 41.6 Å². The van der Waals surface area contributed by atoms with Crippen molar-refractivity contribution in [3.05, 3.63) is 76.3 Å². The quantitative estimate of drug-likeness (QED) is 0.294. The number of sulfonamides is 1. The number of epoxide rings is 1. The second kappa shape index (κ2) is 10.8. The Labute approximate surface area is 226 Å². The maximum atomic E-state index is 12.8. The molecule has 0 bridgehead atoms. The van der Waals surface area contributed by atoms with E-state index < -0.39 is 28.2 Å². The molecule has 3 aromatic rings. The first-order valence-corrected chi connectivity index (χ1v) is 13.7. The largest absolute Gasteiger partial charge is 0.493 e. The van der Waals surface area contributed by atoms with Crippen LogP contribution in [0.5, 0.6) is 23.0 Å². The molecule has 1 saturated heterocycles. The van der Waals surface area contributed by atoms with Crippen molar-refractivity contribution in [2.45, 2.75) is 30.4 Å². The summed E-state index contributed by atoms with van der Waals surface area (Å²) in [6.07, 6.45) is -0.508. The summed E-state index contributed by atoms with van der Waals surface area (Å²) in [6, 6.07) is 13.8. The van der Waals surface area contributed by atoms with Crippen LogP contribution in [0.3, 0.4) is 0 Å². The summed E-state index contributed by atoms with van der Waals surface area (Å²) in [6.45, 7) is 2.15. The zero-order chi connectivity index (χ0) is 27.7. The average Bonchev–Trinajstić information content (AvgIpc) is 3.60. The van der Waals surface area contributed by atoms with Crippen LogP contribution in [0.25, 0.3) is 0 Å². The van der Waals surface area contributed by atoms with Gasteiger partial charge in [0.05, 0.1) is 26.2 Å². The minimum atomic E-state index is -3.68. The van der Waals surface area contributed by atoms with Gasteiger partial charge in [-0.25, -0.2) is 17.9 Å². The van der Waals surface area contributed by atoms with Gasteiger partial charge in [0.25, 0.3) is 0 Å². The maximum absolute atomic E-state index is 12.8. The molecule has 0 amide bonds. The van der Waals surface area contributed by atoms with Gasteiger partial charge in [0.15, 0.2) is 23.0 Å². The molecule has 10 nitrogen and oxygen atoms in total. The molecule has 3 aromatic carbocycles. The number of hydrogen-bond acceptors (Lipinski definition) is 9. The Bertz CT molecular complexity index is 1500. The van der Waals surface area contributed by atoms with E-state index in [1.165, 1.54) is 21.3 Å². The molecule has 2 atom stereocenters. The lowest BCUT2D eigenvalue weighted by Crippen LogP contribution is -2.26. The highest BCUT2D eigenvalue weighted by Crippen LogP contribution is 2.56. The molecule has 0 aliphatic carbocycles. The minimum absolute atomic E-state index is 0.0927. The van der Waals surface area contributed by atoms with Crippen molar-refractivity contribution in [2.24, 2.45) is 0 Å². The average molecular weight is 556 g/mol. The monoisotopic (exact) mass is 555 g/mol. The van der Waals surface area contributed by atoms with Gasteiger partial charge >= 0.3 is 5.97 Å². The number of benzene rings is 3. The third kappa shape index (κ3) is 5.25. The summed E-state index contributed by atoms with van der Waals surface area (Å²) in [7, 11) is 0.557. The summed E-state index contributed by atoms with van der Waals surface area (Å²) >= 11 is 0. The highest BCUT2D eigenvalue weighted by molar-refractivity contribution is 7.89. The van der Waals surface area contributed by atoms with E-state index in [0.717, 1.165) is 16.7 Å². The van der Waals surface area contributed by atoms with Crippen LogP contribution in [0.15, 0.2) is 53.4 Å². The van der Waals surface area contributed by atoms with Gasteiger partial charge in [-0.15, -0.1) is 0 Å². The summed E-state index contributed by atoms with van der Waals surface area (Å²) < 4.78 is 61.3. The fourth-order valence-corrected chi connectivity index (χ4v) is 5.71. The van der Waals surface area contributed by atoms with Crippen LogP contribution in [0.4, 0.5) is 0 Å². The van der Waals surface area contributed by atoms with Gasteiger partial charge in [0.2, 0.25) is 16.8 Å². The van der Waals surface area contributed by atoms with Crippen molar-refractivity contribution in [3.8, 4) is 23.0 Å². The van der Waals surface area contributed by atoms with Crippen LogP contribution in [-0.4, -0.2) is 49.1 Å².